The van der Waals surface area contributed by atoms with Gasteiger partial charge in [-0.15, -0.1) is 0 Å². The van der Waals surface area contributed by atoms with Crippen LogP contribution < -0.4 is 5.73 Å². The van der Waals surface area contributed by atoms with E-state index in [1.165, 1.54) is 17.0 Å². The van der Waals surface area contributed by atoms with Crippen molar-refractivity contribution in [3.8, 4) is 0 Å². The highest BCUT2D eigenvalue weighted by Crippen LogP contribution is 2.24. The van der Waals surface area contributed by atoms with Gasteiger partial charge in [0.15, 0.2) is 9.84 Å². The third kappa shape index (κ3) is 3.71. The molecular formula is C11H15BrN2O3S. The fourth-order valence-corrected chi connectivity index (χ4v) is 3.09. The Balaban J connectivity index is 2.90. The summed E-state index contributed by atoms with van der Waals surface area (Å²) in [6, 6.07) is 4.58. The van der Waals surface area contributed by atoms with Gasteiger partial charge in [-0.25, -0.2) is 8.42 Å². The second-order valence-corrected chi connectivity index (χ2v) is 7.03. The third-order valence-electron chi connectivity index (χ3n) is 2.39. The van der Waals surface area contributed by atoms with Gasteiger partial charge >= 0.3 is 0 Å². The summed E-state index contributed by atoms with van der Waals surface area (Å²) in [5.41, 5.74) is 5.85. The molecule has 0 aromatic heterocycles. The van der Waals surface area contributed by atoms with E-state index in [4.69, 9.17) is 5.73 Å². The molecule has 18 heavy (non-hydrogen) atoms. The van der Waals surface area contributed by atoms with Crippen molar-refractivity contribution in [3.63, 3.8) is 0 Å². The Morgan fingerprint density at radius 2 is 2.00 bits per heavy atom. The van der Waals surface area contributed by atoms with Crippen LogP contribution in [-0.2, 0) is 14.6 Å². The lowest BCUT2D eigenvalue weighted by atomic mass is 10.3. The summed E-state index contributed by atoms with van der Waals surface area (Å²) in [4.78, 5) is 12.8. The normalized spacial score (nSPS) is 11.3. The summed E-state index contributed by atoms with van der Waals surface area (Å²) in [5.74, 6) is -0.468. The fourth-order valence-electron chi connectivity index (χ4n) is 1.36. The highest BCUT2D eigenvalue weighted by atomic mass is 79.9. The maximum Gasteiger partial charge on any atom is 0.223 e. The van der Waals surface area contributed by atoms with Crippen LogP contribution >= 0.6 is 15.9 Å². The van der Waals surface area contributed by atoms with Gasteiger partial charge in [0.1, 0.15) is 0 Å². The highest BCUT2D eigenvalue weighted by Gasteiger charge is 2.19. The van der Waals surface area contributed by atoms with E-state index >= 15 is 0 Å². The summed E-state index contributed by atoms with van der Waals surface area (Å²) >= 11 is 3.21. The second-order valence-electron chi connectivity index (χ2n) is 4.04. The van der Waals surface area contributed by atoms with Crippen LogP contribution in [0.3, 0.4) is 0 Å². The molecule has 0 saturated heterocycles. The first-order valence-electron chi connectivity index (χ1n) is 5.22. The first-order valence-corrected chi connectivity index (χ1v) is 7.66. The van der Waals surface area contributed by atoms with Crippen molar-refractivity contribution in [2.45, 2.75) is 11.3 Å². The van der Waals surface area contributed by atoms with Crippen molar-refractivity contribution in [2.24, 2.45) is 0 Å². The summed E-state index contributed by atoms with van der Waals surface area (Å²) in [6.45, 7) is 0. The van der Waals surface area contributed by atoms with Crippen LogP contribution in [0.1, 0.15) is 6.42 Å². The van der Waals surface area contributed by atoms with Gasteiger partial charge in [-0.05, 0) is 18.2 Å². The number of carbonyl (C=O) groups excluding carboxylic acids is 1. The molecule has 0 fully saturated rings. The Morgan fingerprint density at radius 1 is 1.39 bits per heavy atom. The number of benzene rings is 1. The van der Waals surface area contributed by atoms with E-state index in [-0.39, 0.29) is 28.7 Å². The lowest BCUT2D eigenvalue weighted by Gasteiger charge is -2.11. The summed E-state index contributed by atoms with van der Waals surface area (Å²) in [5, 5.41) is 0. The molecule has 1 amide bonds. The number of hydrogen-bond donors (Lipinski definition) is 1. The summed E-state index contributed by atoms with van der Waals surface area (Å²) < 4.78 is 24.8. The molecule has 5 nitrogen and oxygen atoms in total. The van der Waals surface area contributed by atoms with E-state index in [1.54, 1.807) is 20.2 Å². The number of nitrogens with two attached hydrogens (primary N) is 1. The number of amides is 1. The molecular weight excluding hydrogens is 320 g/mol. The zero-order chi connectivity index (χ0) is 13.9. The molecule has 1 aromatic carbocycles. The van der Waals surface area contributed by atoms with Gasteiger partial charge in [0, 0.05) is 25.0 Å². The quantitative estimate of drug-likeness (QED) is 0.841. The Labute approximate surface area is 115 Å². The molecule has 0 aliphatic rings. The molecule has 0 unspecified atom stereocenters. The van der Waals surface area contributed by atoms with Gasteiger partial charge < -0.3 is 10.6 Å². The number of nitrogens with zero attached hydrogens (tertiary/aromatic N) is 1. The van der Waals surface area contributed by atoms with Crippen molar-refractivity contribution in [1.82, 2.24) is 4.90 Å². The Bertz CT molecular complexity index is 555. The van der Waals surface area contributed by atoms with Crippen molar-refractivity contribution in [2.75, 3.05) is 25.6 Å². The average molecular weight is 335 g/mol. The molecule has 0 bridgehead atoms. The maximum atomic E-state index is 12.0. The summed E-state index contributed by atoms with van der Waals surface area (Å²) in [7, 11) is -0.357. The predicted molar refractivity (Wildman–Crippen MR) is 73.9 cm³/mol. The van der Waals surface area contributed by atoms with Gasteiger partial charge in [0.2, 0.25) is 5.91 Å². The number of hydrogen-bond acceptors (Lipinski definition) is 4. The predicted octanol–water partition coefficient (Wildman–Crippen LogP) is 1.28. The first-order chi connectivity index (χ1) is 8.24. The largest absolute Gasteiger partial charge is 0.398 e. The van der Waals surface area contributed by atoms with Gasteiger partial charge in [-0.2, -0.15) is 0 Å². The molecule has 100 valence electrons. The van der Waals surface area contributed by atoms with Crippen LogP contribution in [0.25, 0.3) is 0 Å². The summed E-state index contributed by atoms with van der Waals surface area (Å²) in [6.07, 6.45) is -0.0508. The molecule has 0 spiro atoms. The van der Waals surface area contributed by atoms with E-state index in [1.807, 2.05) is 0 Å². The topological polar surface area (TPSA) is 80.5 Å². The number of halogens is 1. The smallest absolute Gasteiger partial charge is 0.223 e. The molecule has 1 rings (SSSR count). The van der Waals surface area contributed by atoms with Crippen LogP contribution in [0.15, 0.2) is 27.6 Å². The molecule has 2 N–H and O–H groups in total. The molecule has 1 aromatic rings. The minimum absolute atomic E-state index is 0.0508. The number of rotatable bonds is 4. The van der Waals surface area contributed by atoms with Crippen LogP contribution in [-0.4, -0.2) is 39.1 Å². The van der Waals surface area contributed by atoms with E-state index in [9.17, 15) is 13.2 Å². The minimum atomic E-state index is -3.53. The highest BCUT2D eigenvalue weighted by molar-refractivity contribution is 9.10. The van der Waals surface area contributed by atoms with E-state index < -0.39 is 9.84 Å². The molecule has 0 radical (unpaired) electrons. The first kappa shape index (κ1) is 15.0. The standard InChI is InChI=1S/C11H15BrN2O3S/c1-14(2)11(15)5-6-18(16,17)10-4-3-8(12)7-9(10)13/h3-4,7H,5-6,13H2,1-2H3. The van der Waals surface area contributed by atoms with Crippen molar-refractivity contribution in [3.05, 3.63) is 22.7 Å². The Kier molecular flexibility index (Phi) is 4.75. The van der Waals surface area contributed by atoms with Gasteiger partial charge in [-0.3, -0.25) is 4.79 Å². The number of carbonyl (C=O) groups is 1. The van der Waals surface area contributed by atoms with Crippen molar-refractivity contribution in [1.29, 1.82) is 0 Å². The van der Waals surface area contributed by atoms with Crippen LogP contribution in [0, 0.1) is 0 Å². The lowest BCUT2D eigenvalue weighted by molar-refractivity contribution is -0.128. The Morgan fingerprint density at radius 3 is 2.50 bits per heavy atom. The van der Waals surface area contributed by atoms with Gasteiger partial charge in [-0.1, -0.05) is 15.9 Å². The van der Waals surface area contributed by atoms with E-state index in [0.717, 1.165) is 0 Å². The monoisotopic (exact) mass is 334 g/mol. The number of anilines is 1. The van der Waals surface area contributed by atoms with Crippen molar-refractivity contribution >= 4 is 37.4 Å². The Hall–Kier alpha value is -1.08. The lowest BCUT2D eigenvalue weighted by Crippen LogP contribution is -2.24. The zero-order valence-corrected chi connectivity index (χ0v) is 12.6. The molecule has 0 aliphatic carbocycles. The molecule has 0 saturated carbocycles. The molecule has 0 aliphatic heterocycles. The second kappa shape index (κ2) is 5.71. The van der Waals surface area contributed by atoms with Gasteiger partial charge in [0.25, 0.3) is 0 Å². The van der Waals surface area contributed by atoms with Crippen molar-refractivity contribution < 1.29 is 13.2 Å². The maximum absolute atomic E-state index is 12.0. The minimum Gasteiger partial charge on any atom is -0.398 e. The van der Waals surface area contributed by atoms with Gasteiger partial charge in [0.05, 0.1) is 16.3 Å². The molecule has 0 atom stereocenters. The van der Waals surface area contributed by atoms with Crippen LogP contribution in [0.4, 0.5) is 5.69 Å². The van der Waals surface area contributed by atoms with E-state index in [2.05, 4.69) is 15.9 Å². The van der Waals surface area contributed by atoms with E-state index in [0.29, 0.717) is 4.47 Å². The zero-order valence-electron chi connectivity index (χ0n) is 10.2. The van der Waals surface area contributed by atoms with Crippen LogP contribution in [0.2, 0.25) is 0 Å². The SMILES string of the molecule is CN(C)C(=O)CCS(=O)(=O)c1ccc(Br)cc1N. The van der Waals surface area contributed by atoms with Crippen LogP contribution in [0.5, 0.6) is 0 Å². The number of sulfone groups is 1. The third-order valence-corrected chi connectivity index (χ3v) is 4.67. The molecule has 7 heteroatoms. The fraction of sp³-hybridized carbons (Fsp3) is 0.364. The molecule has 0 heterocycles. The average Bonchev–Trinajstić information content (AvgIpc) is 2.25. The number of nitrogen functional groups attached to an aromatic ring is 1.